The average molecular weight is 267 g/mol. The second-order valence-electron chi connectivity index (χ2n) is 4.63. The molecule has 0 N–H and O–H groups in total. The number of nitrogens with zero attached hydrogens (tertiary/aromatic N) is 1. The Labute approximate surface area is 111 Å². The standard InChI is InChI=1S/C14H18FNO3/c1-2-18-11-8-9-12(16-13(11)15)19-14(17)10-6-4-3-5-7-10/h8-10H,2-7H2,1H3. The van der Waals surface area contributed by atoms with Gasteiger partial charge in [-0.3, -0.25) is 4.79 Å². The van der Waals surface area contributed by atoms with E-state index in [0.29, 0.717) is 6.61 Å². The van der Waals surface area contributed by atoms with Crippen LogP contribution in [0, 0.1) is 11.9 Å². The van der Waals surface area contributed by atoms with Crippen molar-refractivity contribution < 1.29 is 18.7 Å². The zero-order valence-electron chi connectivity index (χ0n) is 11.0. The van der Waals surface area contributed by atoms with Crippen LogP contribution in [0.3, 0.4) is 0 Å². The predicted molar refractivity (Wildman–Crippen MR) is 67.6 cm³/mol. The predicted octanol–water partition coefficient (Wildman–Crippen LogP) is 3.11. The number of halogens is 1. The molecule has 1 aliphatic carbocycles. The molecule has 1 fully saturated rings. The molecule has 0 aromatic carbocycles. The summed E-state index contributed by atoms with van der Waals surface area (Å²) in [5, 5.41) is 0. The topological polar surface area (TPSA) is 48.4 Å². The number of aromatic nitrogens is 1. The molecule has 2 rings (SSSR count). The Morgan fingerprint density at radius 3 is 2.74 bits per heavy atom. The summed E-state index contributed by atoms with van der Waals surface area (Å²) >= 11 is 0. The van der Waals surface area contributed by atoms with Gasteiger partial charge in [0.05, 0.1) is 12.5 Å². The molecule has 0 radical (unpaired) electrons. The van der Waals surface area contributed by atoms with Crippen molar-refractivity contribution in [2.45, 2.75) is 39.0 Å². The van der Waals surface area contributed by atoms with E-state index in [0.717, 1.165) is 25.7 Å². The van der Waals surface area contributed by atoms with Crippen molar-refractivity contribution in [1.29, 1.82) is 0 Å². The molecule has 104 valence electrons. The quantitative estimate of drug-likeness (QED) is 0.621. The molecule has 0 spiro atoms. The van der Waals surface area contributed by atoms with Crippen molar-refractivity contribution in [3.05, 3.63) is 18.1 Å². The van der Waals surface area contributed by atoms with Crippen molar-refractivity contribution >= 4 is 5.97 Å². The molecule has 1 aliphatic rings. The van der Waals surface area contributed by atoms with Crippen LogP contribution in [0.15, 0.2) is 12.1 Å². The maximum Gasteiger partial charge on any atom is 0.315 e. The molecule has 1 aromatic heterocycles. The highest BCUT2D eigenvalue weighted by Crippen LogP contribution is 2.26. The second kappa shape index (κ2) is 6.50. The summed E-state index contributed by atoms with van der Waals surface area (Å²) in [6, 6.07) is 2.88. The lowest BCUT2D eigenvalue weighted by atomic mass is 9.89. The number of rotatable bonds is 4. The molecule has 0 atom stereocenters. The highest BCUT2D eigenvalue weighted by molar-refractivity contribution is 5.74. The van der Waals surface area contributed by atoms with Gasteiger partial charge in [0.2, 0.25) is 5.88 Å². The van der Waals surface area contributed by atoms with Gasteiger partial charge in [0.1, 0.15) is 0 Å². The molecular formula is C14H18FNO3. The molecule has 5 heteroatoms. The van der Waals surface area contributed by atoms with Crippen molar-refractivity contribution in [3.8, 4) is 11.6 Å². The minimum atomic E-state index is -0.754. The number of carbonyl (C=O) groups excluding carboxylic acids is 1. The van der Waals surface area contributed by atoms with Crippen molar-refractivity contribution in [2.75, 3.05) is 6.61 Å². The van der Waals surface area contributed by atoms with E-state index in [1.807, 2.05) is 0 Å². The Hall–Kier alpha value is -1.65. The summed E-state index contributed by atoms with van der Waals surface area (Å²) in [6.07, 6.45) is 4.95. The van der Waals surface area contributed by atoms with E-state index in [1.54, 1.807) is 6.92 Å². The first-order valence-corrected chi connectivity index (χ1v) is 6.71. The Bertz CT molecular complexity index is 444. The zero-order chi connectivity index (χ0) is 13.7. The molecule has 1 saturated carbocycles. The molecule has 19 heavy (non-hydrogen) atoms. The Morgan fingerprint density at radius 1 is 1.37 bits per heavy atom. The SMILES string of the molecule is CCOc1ccc(OC(=O)C2CCCCC2)nc1F. The molecular weight excluding hydrogens is 249 g/mol. The van der Waals surface area contributed by atoms with Crippen LogP contribution in [-0.2, 0) is 4.79 Å². The van der Waals surface area contributed by atoms with Crippen LogP contribution in [0.5, 0.6) is 11.6 Å². The van der Waals surface area contributed by atoms with Gasteiger partial charge in [-0.15, -0.1) is 0 Å². The zero-order valence-corrected chi connectivity index (χ0v) is 11.0. The summed E-state index contributed by atoms with van der Waals surface area (Å²) < 4.78 is 23.7. The van der Waals surface area contributed by atoms with Crippen molar-refractivity contribution in [1.82, 2.24) is 4.98 Å². The van der Waals surface area contributed by atoms with E-state index < -0.39 is 5.95 Å². The van der Waals surface area contributed by atoms with E-state index in [4.69, 9.17) is 9.47 Å². The number of carbonyl (C=O) groups is 1. The van der Waals surface area contributed by atoms with Crippen LogP contribution in [0.25, 0.3) is 0 Å². The molecule has 0 saturated heterocycles. The van der Waals surface area contributed by atoms with Crippen LogP contribution in [-0.4, -0.2) is 17.6 Å². The van der Waals surface area contributed by atoms with Crippen LogP contribution >= 0.6 is 0 Å². The van der Waals surface area contributed by atoms with E-state index in [9.17, 15) is 9.18 Å². The minimum absolute atomic E-state index is 0.00322. The summed E-state index contributed by atoms with van der Waals surface area (Å²) in [5.41, 5.74) is 0. The van der Waals surface area contributed by atoms with E-state index >= 15 is 0 Å². The molecule has 0 unspecified atom stereocenters. The van der Waals surface area contributed by atoms with Crippen LogP contribution in [0.2, 0.25) is 0 Å². The summed E-state index contributed by atoms with van der Waals surface area (Å²) in [4.78, 5) is 15.5. The largest absolute Gasteiger partial charge is 0.489 e. The van der Waals surface area contributed by atoms with Gasteiger partial charge in [-0.05, 0) is 25.8 Å². The number of ether oxygens (including phenoxy) is 2. The first-order valence-electron chi connectivity index (χ1n) is 6.71. The molecule has 1 aromatic rings. The lowest BCUT2D eigenvalue weighted by Gasteiger charge is -2.19. The first-order chi connectivity index (χ1) is 9.20. The molecule has 0 amide bonds. The van der Waals surface area contributed by atoms with Crippen molar-refractivity contribution in [3.63, 3.8) is 0 Å². The van der Waals surface area contributed by atoms with Gasteiger partial charge in [-0.25, -0.2) is 0 Å². The molecule has 4 nitrogen and oxygen atoms in total. The van der Waals surface area contributed by atoms with Gasteiger partial charge in [-0.1, -0.05) is 19.3 Å². The molecule has 0 aliphatic heterocycles. The summed E-state index contributed by atoms with van der Waals surface area (Å²) in [5.74, 6) is -1.08. The Kier molecular flexibility index (Phi) is 4.71. The van der Waals surface area contributed by atoms with Crippen LogP contribution in [0.4, 0.5) is 4.39 Å². The smallest absolute Gasteiger partial charge is 0.315 e. The van der Waals surface area contributed by atoms with Gasteiger partial charge in [0.15, 0.2) is 5.75 Å². The third-order valence-electron chi connectivity index (χ3n) is 3.23. The second-order valence-corrected chi connectivity index (χ2v) is 4.63. The number of hydrogen-bond donors (Lipinski definition) is 0. The summed E-state index contributed by atoms with van der Waals surface area (Å²) in [7, 11) is 0. The third-order valence-corrected chi connectivity index (χ3v) is 3.23. The lowest BCUT2D eigenvalue weighted by Crippen LogP contribution is -2.23. The molecule has 0 bridgehead atoms. The highest BCUT2D eigenvalue weighted by Gasteiger charge is 2.23. The summed E-state index contributed by atoms with van der Waals surface area (Å²) in [6.45, 7) is 2.12. The van der Waals surface area contributed by atoms with Gasteiger partial charge >= 0.3 is 5.97 Å². The third kappa shape index (κ3) is 3.66. The van der Waals surface area contributed by atoms with Gasteiger partial charge < -0.3 is 9.47 Å². The number of esters is 1. The van der Waals surface area contributed by atoms with Gasteiger partial charge in [0, 0.05) is 6.07 Å². The maximum atomic E-state index is 13.5. The number of hydrogen-bond acceptors (Lipinski definition) is 4. The van der Waals surface area contributed by atoms with Crippen molar-refractivity contribution in [2.24, 2.45) is 5.92 Å². The van der Waals surface area contributed by atoms with Gasteiger partial charge in [-0.2, -0.15) is 9.37 Å². The fraction of sp³-hybridized carbons (Fsp3) is 0.571. The van der Waals surface area contributed by atoms with E-state index in [1.165, 1.54) is 18.6 Å². The van der Waals surface area contributed by atoms with Gasteiger partial charge in [0.25, 0.3) is 5.95 Å². The highest BCUT2D eigenvalue weighted by atomic mass is 19.1. The monoisotopic (exact) mass is 267 g/mol. The lowest BCUT2D eigenvalue weighted by molar-refractivity contribution is -0.140. The fourth-order valence-corrected chi connectivity index (χ4v) is 2.25. The Balaban J connectivity index is 1.98. The minimum Gasteiger partial charge on any atom is -0.489 e. The van der Waals surface area contributed by atoms with Crippen LogP contribution < -0.4 is 9.47 Å². The van der Waals surface area contributed by atoms with Crippen LogP contribution in [0.1, 0.15) is 39.0 Å². The molecule has 1 heterocycles. The van der Waals surface area contributed by atoms with E-state index in [-0.39, 0.29) is 23.5 Å². The first kappa shape index (κ1) is 13.8. The van der Waals surface area contributed by atoms with E-state index in [2.05, 4.69) is 4.98 Å². The normalized spacial score (nSPS) is 16.1. The fourth-order valence-electron chi connectivity index (χ4n) is 2.25. The Morgan fingerprint density at radius 2 is 2.11 bits per heavy atom. The maximum absolute atomic E-state index is 13.5. The number of pyridine rings is 1. The average Bonchev–Trinajstić information content (AvgIpc) is 2.43.